The van der Waals surface area contributed by atoms with Crippen molar-refractivity contribution in [2.24, 2.45) is 5.92 Å². The van der Waals surface area contributed by atoms with Crippen molar-refractivity contribution in [1.82, 2.24) is 0 Å². The van der Waals surface area contributed by atoms with Crippen molar-refractivity contribution in [3.05, 3.63) is 0 Å². The molecule has 8 heavy (non-hydrogen) atoms. The maximum Gasteiger partial charge on any atom is 0.238 e. The molecule has 0 fully saturated rings. The Morgan fingerprint density at radius 3 is 2.00 bits per heavy atom. The van der Waals surface area contributed by atoms with Gasteiger partial charge in [0.15, 0.2) is 0 Å². The zero-order valence-corrected chi connectivity index (χ0v) is 5.32. The van der Waals surface area contributed by atoms with Crippen LogP contribution in [0, 0.1) is 5.92 Å². The average Bonchev–Trinajstić information content (AvgIpc) is 1.65. The summed E-state index contributed by atoms with van der Waals surface area (Å²) in [6.07, 6.45) is -1.22. The SMILES string of the molecule is CC[C@H](C)CC(F)F. The van der Waals surface area contributed by atoms with Crippen LogP contribution in [-0.4, -0.2) is 6.43 Å². The lowest BCUT2D eigenvalue weighted by atomic mass is 10.1. The van der Waals surface area contributed by atoms with Gasteiger partial charge in [-0.25, -0.2) is 8.78 Å². The molecule has 0 aliphatic rings. The van der Waals surface area contributed by atoms with Crippen LogP contribution in [0.4, 0.5) is 8.78 Å². The lowest BCUT2D eigenvalue weighted by Gasteiger charge is -2.04. The van der Waals surface area contributed by atoms with Gasteiger partial charge in [-0.2, -0.15) is 0 Å². The number of hydrogen-bond donors (Lipinski definition) is 0. The van der Waals surface area contributed by atoms with Crippen molar-refractivity contribution in [2.75, 3.05) is 0 Å². The number of alkyl halides is 2. The lowest BCUT2D eigenvalue weighted by Crippen LogP contribution is -1.99. The Morgan fingerprint density at radius 1 is 1.38 bits per heavy atom. The molecule has 0 saturated carbocycles. The van der Waals surface area contributed by atoms with E-state index in [9.17, 15) is 8.78 Å². The predicted molar refractivity (Wildman–Crippen MR) is 30.1 cm³/mol. The molecule has 0 unspecified atom stereocenters. The molecule has 0 aliphatic heterocycles. The van der Waals surface area contributed by atoms with Gasteiger partial charge in [-0.15, -0.1) is 0 Å². The number of rotatable bonds is 3. The van der Waals surface area contributed by atoms with Gasteiger partial charge >= 0.3 is 0 Å². The standard InChI is InChI=1S/C6H12F2/c1-3-5(2)4-6(7)8/h5-6H,3-4H2,1-2H3/t5-/m0/s1. The first kappa shape index (κ1) is 7.86. The van der Waals surface area contributed by atoms with Crippen molar-refractivity contribution in [1.29, 1.82) is 0 Å². The van der Waals surface area contributed by atoms with Crippen LogP contribution < -0.4 is 0 Å². The highest BCUT2D eigenvalue weighted by Gasteiger charge is 2.06. The first-order valence-electron chi connectivity index (χ1n) is 2.95. The minimum atomic E-state index is -2.12. The molecule has 2 heteroatoms. The summed E-state index contributed by atoms with van der Waals surface area (Å²) in [5.41, 5.74) is 0. The van der Waals surface area contributed by atoms with Crippen molar-refractivity contribution in [3.63, 3.8) is 0 Å². The molecule has 0 radical (unpaired) electrons. The van der Waals surface area contributed by atoms with E-state index in [1.54, 1.807) is 0 Å². The Bertz CT molecular complexity index is 52.5. The highest BCUT2D eigenvalue weighted by atomic mass is 19.3. The van der Waals surface area contributed by atoms with Gasteiger partial charge in [-0.05, 0) is 5.92 Å². The van der Waals surface area contributed by atoms with Crippen molar-refractivity contribution < 1.29 is 8.78 Å². The molecule has 0 N–H and O–H groups in total. The van der Waals surface area contributed by atoms with Crippen LogP contribution in [0.15, 0.2) is 0 Å². The Hall–Kier alpha value is -0.140. The second-order valence-corrected chi connectivity index (χ2v) is 2.14. The smallest absolute Gasteiger partial charge is 0.211 e. The van der Waals surface area contributed by atoms with E-state index in [-0.39, 0.29) is 12.3 Å². The number of hydrogen-bond acceptors (Lipinski definition) is 0. The maximum absolute atomic E-state index is 11.5. The van der Waals surface area contributed by atoms with Crippen LogP contribution in [0.3, 0.4) is 0 Å². The van der Waals surface area contributed by atoms with E-state index in [0.717, 1.165) is 6.42 Å². The molecule has 0 heterocycles. The lowest BCUT2D eigenvalue weighted by molar-refractivity contribution is 0.117. The molecule has 0 aromatic carbocycles. The third-order valence-electron chi connectivity index (χ3n) is 1.28. The minimum Gasteiger partial charge on any atom is -0.211 e. The molecule has 0 amide bonds. The van der Waals surface area contributed by atoms with Gasteiger partial charge in [0, 0.05) is 6.42 Å². The van der Waals surface area contributed by atoms with Crippen LogP contribution in [0.2, 0.25) is 0 Å². The molecular weight excluding hydrogens is 110 g/mol. The van der Waals surface area contributed by atoms with Crippen molar-refractivity contribution in [3.8, 4) is 0 Å². The van der Waals surface area contributed by atoms with Gasteiger partial charge in [0.05, 0.1) is 0 Å². The first-order valence-corrected chi connectivity index (χ1v) is 2.95. The van der Waals surface area contributed by atoms with Gasteiger partial charge in [0.25, 0.3) is 0 Å². The first-order chi connectivity index (χ1) is 3.66. The fourth-order valence-electron chi connectivity index (χ4n) is 0.471. The summed E-state index contributed by atoms with van der Waals surface area (Å²) in [6, 6.07) is 0. The summed E-state index contributed by atoms with van der Waals surface area (Å²) >= 11 is 0. The molecule has 0 saturated heterocycles. The molecule has 0 bridgehead atoms. The summed E-state index contributed by atoms with van der Waals surface area (Å²) in [5.74, 6) is 0.176. The Labute approximate surface area is 48.9 Å². The second kappa shape index (κ2) is 3.81. The summed E-state index contributed by atoms with van der Waals surface area (Å²) < 4.78 is 22.9. The number of halogens is 2. The molecule has 0 aromatic heterocycles. The topological polar surface area (TPSA) is 0 Å². The van der Waals surface area contributed by atoms with E-state index >= 15 is 0 Å². The predicted octanol–water partition coefficient (Wildman–Crippen LogP) is 2.69. The van der Waals surface area contributed by atoms with Gasteiger partial charge in [-0.1, -0.05) is 20.3 Å². The highest BCUT2D eigenvalue weighted by Crippen LogP contribution is 2.12. The average molecular weight is 122 g/mol. The Kier molecular flexibility index (Phi) is 3.75. The van der Waals surface area contributed by atoms with Gasteiger partial charge in [0.2, 0.25) is 6.43 Å². The molecule has 50 valence electrons. The fraction of sp³-hybridized carbons (Fsp3) is 1.00. The second-order valence-electron chi connectivity index (χ2n) is 2.14. The summed E-state index contributed by atoms with van der Waals surface area (Å²) in [6.45, 7) is 3.76. The van der Waals surface area contributed by atoms with E-state index in [4.69, 9.17) is 0 Å². The quantitative estimate of drug-likeness (QED) is 0.540. The zero-order chi connectivity index (χ0) is 6.57. The monoisotopic (exact) mass is 122 g/mol. The Morgan fingerprint density at radius 2 is 1.88 bits per heavy atom. The van der Waals surface area contributed by atoms with Gasteiger partial charge in [-0.3, -0.25) is 0 Å². The minimum absolute atomic E-state index is 0.0521. The van der Waals surface area contributed by atoms with Crippen molar-refractivity contribution in [2.45, 2.75) is 33.1 Å². The zero-order valence-electron chi connectivity index (χ0n) is 5.32. The van der Waals surface area contributed by atoms with Crippen LogP contribution in [0.1, 0.15) is 26.7 Å². The van der Waals surface area contributed by atoms with Crippen LogP contribution >= 0.6 is 0 Å². The van der Waals surface area contributed by atoms with E-state index < -0.39 is 6.43 Å². The third-order valence-corrected chi connectivity index (χ3v) is 1.28. The highest BCUT2D eigenvalue weighted by molar-refractivity contribution is 4.49. The molecule has 0 nitrogen and oxygen atoms in total. The summed E-state index contributed by atoms with van der Waals surface area (Å²) in [7, 11) is 0. The Balaban J connectivity index is 3.10. The third kappa shape index (κ3) is 4.03. The van der Waals surface area contributed by atoms with Gasteiger partial charge in [0.1, 0.15) is 0 Å². The molecule has 0 aliphatic carbocycles. The van der Waals surface area contributed by atoms with Crippen LogP contribution in [0.25, 0.3) is 0 Å². The van der Waals surface area contributed by atoms with Crippen LogP contribution in [-0.2, 0) is 0 Å². The maximum atomic E-state index is 11.5. The molecule has 1 atom stereocenters. The molecular formula is C6H12F2. The van der Waals surface area contributed by atoms with E-state index in [2.05, 4.69) is 0 Å². The largest absolute Gasteiger partial charge is 0.238 e. The summed E-state index contributed by atoms with van der Waals surface area (Å²) in [5, 5.41) is 0. The van der Waals surface area contributed by atoms with Gasteiger partial charge < -0.3 is 0 Å². The fourth-order valence-corrected chi connectivity index (χ4v) is 0.471. The normalized spacial score (nSPS) is 14.6. The summed E-state index contributed by atoms with van der Waals surface area (Å²) in [4.78, 5) is 0. The molecule has 0 spiro atoms. The molecule has 0 aromatic rings. The van der Waals surface area contributed by atoms with Crippen molar-refractivity contribution >= 4 is 0 Å². The van der Waals surface area contributed by atoms with E-state index in [1.165, 1.54) is 0 Å². The van der Waals surface area contributed by atoms with E-state index in [0.29, 0.717) is 0 Å². The van der Waals surface area contributed by atoms with Crippen LogP contribution in [0.5, 0.6) is 0 Å². The molecule has 0 rings (SSSR count). The van der Waals surface area contributed by atoms with E-state index in [1.807, 2.05) is 13.8 Å².